The Morgan fingerprint density at radius 1 is 1.42 bits per heavy atom. The first-order valence-corrected chi connectivity index (χ1v) is 6.24. The summed E-state index contributed by atoms with van der Waals surface area (Å²) in [5.74, 6) is -0.595. The van der Waals surface area contributed by atoms with Gasteiger partial charge in [-0.2, -0.15) is 0 Å². The summed E-state index contributed by atoms with van der Waals surface area (Å²) in [4.78, 5) is 23.3. The summed E-state index contributed by atoms with van der Waals surface area (Å²) in [6.45, 7) is 3.91. The van der Waals surface area contributed by atoms with Gasteiger partial charge in [-0.25, -0.2) is 4.79 Å². The third kappa shape index (κ3) is 4.06. The van der Waals surface area contributed by atoms with Crippen molar-refractivity contribution in [2.24, 2.45) is 11.7 Å². The SMILES string of the molecule is CCC(C)C(N)C(=O)Nc1cccc(C(=O)OC)c1. The lowest BCUT2D eigenvalue weighted by molar-refractivity contribution is -0.118. The Bertz CT molecular complexity index is 460. The molecule has 0 aromatic heterocycles. The number of ether oxygens (including phenoxy) is 1. The monoisotopic (exact) mass is 264 g/mol. The summed E-state index contributed by atoms with van der Waals surface area (Å²) in [6.07, 6.45) is 0.830. The van der Waals surface area contributed by atoms with Gasteiger partial charge in [-0.15, -0.1) is 0 Å². The van der Waals surface area contributed by atoms with E-state index in [0.29, 0.717) is 11.3 Å². The number of esters is 1. The maximum atomic E-state index is 11.9. The molecule has 0 saturated heterocycles. The third-order valence-electron chi connectivity index (χ3n) is 3.11. The highest BCUT2D eigenvalue weighted by Crippen LogP contribution is 2.13. The summed E-state index contributed by atoms with van der Waals surface area (Å²) >= 11 is 0. The zero-order valence-corrected chi connectivity index (χ0v) is 11.5. The van der Waals surface area contributed by atoms with Crippen molar-refractivity contribution in [3.05, 3.63) is 29.8 Å². The van der Waals surface area contributed by atoms with Crippen LogP contribution in [0.15, 0.2) is 24.3 Å². The number of nitrogens with two attached hydrogens (primary N) is 1. The standard InChI is InChI=1S/C14H20N2O3/c1-4-9(2)12(15)13(17)16-11-7-5-6-10(8-11)14(18)19-3/h5-9,12H,4,15H2,1-3H3,(H,16,17). The fraction of sp³-hybridized carbons (Fsp3) is 0.429. The summed E-state index contributed by atoms with van der Waals surface area (Å²) in [5, 5.41) is 2.70. The average molecular weight is 264 g/mol. The van der Waals surface area contributed by atoms with Crippen molar-refractivity contribution >= 4 is 17.6 Å². The minimum atomic E-state index is -0.563. The van der Waals surface area contributed by atoms with Crippen LogP contribution in [0.25, 0.3) is 0 Å². The van der Waals surface area contributed by atoms with Crippen molar-refractivity contribution in [2.75, 3.05) is 12.4 Å². The van der Waals surface area contributed by atoms with Gasteiger partial charge in [0, 0.05) is 5.69 Å². The van der Waals surface area contributed by atoms with Crippen LogP contribution in [0.3, 0.4) is 0 Å². The van der Waals surface area contributed by atoms with E-state index in [-0.39, 0.29) is 11.8 Å². The number of anilines is 1. The van der Waals surface area contributed by atoms with Gasteiger partial charge in [0.15, 0.2) is 0 Å². The number of carbonyl (C=O) groups is 2. The lowest BCUT2D eigenvalue weighted by atomic mass is 9.99. The van der Waals surface area contributed by atoms with Crippen LogP contribution in [-0.4, -0.2) is 25.0 Å². The molecule has 0 bridgehead atoms. The van der Waals surface area contributed by atoms with Crippen molar-refractivity contribution in [2.45, 2.75) is 26.3 Å². The Morgan fingerprint density at radius 2 is 2.11 bits per heavy atom. The van der Waals surface area contributed by atoms with Gasteiger partial charge in [-0.3, -0.25) is 4.79 Å². The Balaban J connectivity index is 2.77. The van der Waals surface area contributed by atoms with E-state index >= 15 is 0 Å². The first kappa shape index (κ1) is 15.2. The first-order valence-electron chi connectivity index (χ1n) is 6.24. The molecule has 0 aliphatic heterocycles. The Hall–Kier alpha value is -1.88. The second-order valence-corrected chi connectivity index (χ2v) is 4.47. The zero-order chi connectivity index (χ0) is 14.4. The number of hydrogen-bond acceptors (Lipinski definition) is 4. The fourth-order valence-electron chi connectivity index (χ4n) is 1.58. The maximum absolute atomic E-state index is 11.9. The number of amides is 1. The number of carbonyl (C=O) groups excluding carboxylic acids is 2. The van der Waals surface area contributed by atoms with Crippen LogP contribution in [0.2, 0.25) is 0 Å². The fourth-order valence-corrected chi connectivity index (χ4v) is 1.58. The van der Waals surface area contributed by atoms with Crippen LogP contribution in [0, 0.1) is 5.92 Å². The second kappa shape index (κ2) is 6.89. The molecule has 2 atom stereocenters. The third-order valence-corrected chi connectivity index (χ3v) is 3.11. The van der Waals surface area contributed by atoms with E-state index in [1.807, 2.05) is 13.8 Å². The molecule has 5 nitrogen and oxygen atoms in total. The molecule has 104 valence electrons. The van der Waals surface area contributed by atoms with E-state index in [1.54, 1.807) is 24.3 Å². The normalized spacial score (nSPS) is 13.5. The number of methoxy groups -OCH3 is 1. The quantitative estimate of drug-likeness (QED) is 0.794. The van der Waals surface area contributed by atoms with E-state index in [4.69, 9.17) is 5.73 Å². The molecule has 0 aliphatic carbocycles. The maximum Gasteiger partial charge on any atom is 0.337 e. The van der Waals surface area contributed by atoms with E-state index in [1.165, 1.54) is 7.11 Å². The molecule has 0 aliphatic rings. The van der Waals surface area contributed by atoms with Gasteiger partial charge in [0.1, 0.15) is 0 Å². The minimum absolute atomic E-state index is 0.101. The highest BCUT2D eigenvalue weighted by atomic mass is 16.5. The summed E-state index contributed by atoms with van der Waals surface area (Å²) in [5.41, 5.74) is 6.76. The van der Waals surface area contributed by atoms with Gasteiger partial charge < -0.3 is 15.8 Å². The predicted molar refractivity (Wildman–Crippen MR) is 73.8 cm³/mol. The van der Waals surface area contributed by atoms with E-state index in [0.717, 1.165) is 6.42 Å². The number of benzene rings is 1. The minimum Gasteiger partial charge on any atom is -0.465 e. The van der Waals surface area contributed by atoms with Crippen LogP contribution < -0.4 is 11.1 Å². The van der Waals surface area contributed by atoms with E-state index in [9.17, 15) is 9.59 Å². The summed E-state index contributed by atoms with van der Waals surface area (Å²) in [7, 11) is 1.31. The molecule has 1 aromatic carbocycles. The molecule has 3 N–H and O–H groups in total. The van der Waals surface area contributed by atoms with Gasteiger partial charge >= 0.3 is 5.97 Å². The topological polar surface area (TPSA) is 81.4 Å². The molecule has 1 rings (SSSR count). The molecule has 5 heteroatoms. The molecule has 1 amide bonds. The molecule has 1 aromatic rings. The van der Waals surface area contributed by atoms with Crippen LogP contribution in [-0.2, 0) is 9.53 Å². The van der Waals surface area contributed by atoms with E-state index < -0.39 is 12.0 Å². The summed E-state index contributed by atoms with van der Waals surface area (Å²) < 4.78 is 4.62. The lowest BCUT2D eigenvalue weighted by Gasteiger charge is -2.17. The molecule has 0 saturated carbocycles. The first-order chi connectivity index (χ1) is 8.99. The molecule has 0 heterocycles. The number of nitrogens with one attached hydrogen (secondary N) is 1. The van der Waals surface area contributed by atoms with Crippen LogP contribution >= 0.6 is 0 Å². The molecule has 2 unspecified atom stereocenters. The highest BCUT2D eigenvalue weighted by Gasteiger charge is 2.19. The Morgan fingerprint density at radius 3 is 2.68 bits per heavy atom. The largest absolute Gasteiger partial charge is 0.465 e. The predicted octanol–water partition coefficient (Wildman–Crippen LogP) is 1.79. The highest BCUT2D eigenvalue weighted by molar-refractivity contribution is 5.96. The average Bonchev–Trinajstić information content (AvgIpc) is 2.44. The zero-order valence-electron chi connectivity index (χ0n) is 11.5. The molecule has 0 spiro atoms. The molecular weight excluding hydrogens is 244 g/mol. The van der Waals surface area contributed by atoms with Crippen molar-refractivity contribution in [3.8, 4) is 0 Å². The van der Waals surface area contributed by atoms with Gasteiger partial charge in [-0.1, -0.05) is 26.3 Å². The molecule has 0 fully saturated rings. The second-order valence-electron chi connectivity index (χ2n) is 4.47. The van der Waals surface area contributed by atoms with Crippen molar-refractivity contribution in [1.29, 1.82) is 0 Å². The Kier molecular flexibility index (Phi) is 5.51. The van der Waals surface area contributed by atoms with Gasteiger partial charge in [0.05, 0.1) is 18.7 Å². The Labute approximate surface area is 113 Å². The van der Waals surface area contributed by atoms with Gasteiger partial charge in [-0.05, 0) is 24.1 Å². The number of hydrogen-bond donors (Lipinski definition) is 2. The van der Waals surface area contributed by atoms with Crippen LogP contribution in [0.1, 0.15) is 30.6 Å². The lowest BCUT2D eigenvalue weighted by Crippen LogP contribution is -2.40. The summed E-state index contributed by atoms with van der Waals surface area (Å²) in [6, 6.07) is 6.00. The van der Waals surface area contributed by atoms with Crippen LogP contribution in [0.5, 0.6) is 0 Å². The molecular formula is C14H20N2O3. The molecule has 19 heavy (non-hydrogen) atoms. The molecule has 0 radical (unpaired) electrons. The van der Waals surface area contributed by atoms with Crippen molar-refractivity contribution < 1.29 is 14.3 Å². The van der Waals surface area contributed by atoms with Crippen molar-refractivity contribution in [3.63, 3.8) is 0 Å². The van der Waals surface area contributed by atoms with E-state index in [2.05, 4.69) is 10.1 Å². The smallest absolute Gasteiger partial charge is 0.337 e. The van der Waals surface area contributed by atoms with Gasteiger partial charge in [0.2, 0.25) is 5.91 Å². The van der Waals surface area contributed by atoms with Gasteiger partial charge in [0.25, 0.3) is 0 Å². The number of rotatable bonds is 5. The van der Waals surface area contributed by atoms with Crippen LogP contribution in [0.4, 0.5) is 5.69 Å². The van der Waals surface area contributed by atoms with Crippen molar-refractivity contribution in [1.82, 2.24) is 0 Å².